The quantitative estimate of drug-likeness (QED) is 0.752. The first-order chi connectivity index (χ1) is 13.2. The van der Waals surface area contributed by atoms with Crippen LogP contribution in [0.4, 0.5) is 0 Å². The molecular weight excluding hydrogens is 360 g/mol. The Morgan fingerprint density at radius 3 is 3.04 bits per heavy atom. The number of hydrogen-bond acceptors (Lipinski definition) is 5. The molecule has 27 heavy (non-hydrogen) atoms. The van der Waals surface area contributed by atoms with Crippen molar-refractivity contribution in [2.24, 2.45) is 0 Å². The molecule has 0 unspecified atom stereocenters. The minimum absolute atomic E-state index is 0.114. The van der Waals surface area contributed by atoms with Crippen LogP contribution >= 0.6 is 11.3 Å². The van der Waals surface area contributed by atoms with Gasteiger partial charge < -0.3 is 14.8 Å². The second-order valence-corrected chi connectivity index (χ2v) is 7.82. The number of carbonyl (C=O) groups excluding carboxylic acids is 1. The lowest BCUT2D eigenvalue weighted by Gasteiger charge is -2.23. The highest BCUT2D eigenvalue weighted by atomic mass is 32.1. The highest BCUT2D eigenvalue weighted by Gasteiger charge is 2.22. The van der Waals surface area contributed by atoms with Gasteiger partial charge in [0.2, 0.25) is 5.91 Å². The van der Waals surface area contributed by atoms with Gasteiger partial charge in [-0.3, -0.25) is 9.69 Å². The van der Waals surface area contributed by atoms with Crippen LogP contribution in [0, 0.1) is 0 Å². The van der Waals surface area contributed by atoms with Gasteiger partial charge >= 0.3 is 0 Å². The average molecular weight is 389 g/mol. The number of nitrogens with one attached hydrogen (secondary N) is 1. The Balaban J connectivity index is 1.51. The summed E-state index contributed by atoms with van der Waals surface area (Å²) in [7, 11) is 1.68. The molecule has 146 valence electrons. The summed E-state index contributed by atoms with van der Waals surface area (Å²) in [6.07, 6.45) is 2.47. The number of rotatable bonds is 8. The van der Waals surface area contributed by atoms with Gasteiger partial charge in [-0.2, -0.15) is 0 Å². The lowest BCUT2D eigenvalue weighted by Crippen LogP contribution is -2.38. The summed E-state index contributed by atoms with van der Waals surface area (Å²) in [5, 5.41) is 5.10. The summed E-state index contributed by atoms with van der Waals surface area (Å²) in [6.45, 7) is 5.26. The molecule has 1 aromatic carbocycles. The number of ether oxygens (including phenoxy) is 2. The minimum Gasteiger partial charge on any atom is -0.497 e. The molecule has 3 rings (SSSR count). The summed E-state index contributed by atoms with van der Waals surface area (Å²) in [6, 6.07) is 10.1. The first kappa shape index (κ1) is 19.7. The molecule has 0 aliphatic carbocycles. The van der Waals surface area contributed by atoms with Crippen molar-refractivity contribution in [1.82, 2.24) is 10.2 Å². The number of fused-ring (bicyclic) bond motifs is 1. The Morgan fingerprint density at radius 1 is 1.41 bits per heavy atom. The molecule has 6 heteroatoms. The van der Waals surface area contributed by atoms with Gasteiger partial charge in [0.05, 0.1) is 7.11 Å². The van der Waals surface area contributed by atoms with Gasteiger partial charge in [0.1, 0.15) is 17.6 Å². The largest absolute Gasteiger partial charge is 0.497 e. The molecule has 1 aromatic heterocycles. The third kappa shape index (κ3) is 5.71. The molecule has 0 radical (unpaired) electrons. The van der Waals surface area contributed by atoms with Gasteiger partial charge in [0, 0.05) is 43.0 Å². The van der Waals surface area contributed by atoms with Crippen LogP contribution in [0.15, 0.2) is 35.7 Å². The zero-order valence-electron chi connectivity index (χ0n) is 16.1. The van der Waals surface area contributed by atoms with Gasteiger partial charge in [-0.15, -0.1) is 11.3 Å². The Morgan fingerprint density at radius 2 is 2.30 bits per heavy atom. The number of amides is 1. The van der Waals surface area contributed by atoms with E-state index in [1.54, 1.807) is 18.4 Å². The second-order valence-electron chi connectivity index (χ2n) is 6.79. The predicted molar refractivity (Wildman–Crippen MR) is 109 cm³/mol. The third-order valence-corrected chi connectivity index (χ3v) is 5.74. The topological polar surface area (TPSA) is 50.8 Å². The molecule has 0 saturated heterocycles. The van der Waals surface area contributed by atoms with Gasteiger partial charge in [-0.25, -0.2) is 0 Å². The Labute approximate surface area is 165 Å². The van der Waals surface area contributed by atoms with Crippen molar-refractivity contribution in [3.63, 3.8) is 0 Å². The van der Waals surface area contributed by atoms with E-state index >= 15 is 0 Å². The predicted octanol–water partition coefficient (Wildman–Crippen LogP) is 3.48. The number of carbonyl (C=O) groups is 1. The Kier molecular flexibility index (Phi) is 7.12. The molecule has 1 aliphatic heterocycles. The maximum atomic E-state index is 12.1. The fraction of sp³-hybridized carbons (Fsp3) is 0.476. The SMILES string of the molecule is CC[C@H]1CN(CCNC(=O)CCc2cccs2)Cc2cc(OC)ccc2O1. The van der Waals surface area contributed by atoms with Crippen molar-refractivity contribution in [2.75, 3.05) is 26.7 Å². The first-order valence-electron chi connectivity index (χ1n) is 9.53. The van der Waals surface area contributed by atoms with Gasteiger partial charge in [0.15, 0.2) is 0 Å². The molecule has 1 amide bonds. The first-order valence-corrected chi connectivity index (χ1v) is 10.4. The molecule has 1 aliphatic rings. The number of hydrogen-bond donors (Lipinski definition) is 1. The molecule has 2 heterocycles. The summed E-state index contributed by atoms with van der Waals surface area (Å²) in [4.78, 5) is 15.7. The van der Waals surface area contributed by atoms with E-state index in [1.165, 1.54) is 4.88 Å². The van der Waals surface area contributed by atoms with Crippen molar-refractivity contribution in [1.29, 1.82) is 0 Å². The van der Waals surface area contributed by atoms with Crippen LogP contribution < -0.4 is 14.8 Å². The van der Waals surface area contributed by atoms with Crippen LogP contribution in [0.5, 0.6) is 11.5 Å². The number of aryl methyl sites for hydroxylation is 1. The molecule has 0 saturated carbocycles. The van der Waals surface area contributed by atoms with Crippen molar-refractivity contribution in [2.45, 2.75) is 38.8 Å². The lowest BCUT2D eigenvalue weighted by atomic mass is 10.2. The van der Waals surface area contributed by atoms with E-state index in [9.17, 15) is 4.79 Å². The molecule has 0 spiro atoms. The van der Waals surface area contributed by atoms with Crippen LogP contribution in [0.2, 0.25) is 0 Å². The Hall–Kier alpha value is -2.05. The summed E-state index contributed by atoms with van der Waals surface area (Å²) in [5.74, 6) is 1.89. The van der Waals surface area contributed by atoms with E-state index in [1.807, 2.05) is 29.6 Å². The van der Waals surface area contributed by atoms with E-state index in [0.29, 0.717) is 13.0 Å². The number of nitrogens with zero attached hydrogens (tertiary/aromatic N) is 1. The van der Waals surface area contributed by atoms with E-state index in [2.05, 4.69) is 23.2 Å². The van der Waals surface area contributed by atoms with Crippen molar-refractivity contribution >= 4 is 17.2 Å². The summed E-state index contributed by atoms with van der Waals surface area (Å²) >= 11 is 1.70. The number of thiophene rings is 1. The number of benzene rings is 1. The zero-order chi connectivity index (χ0) is 19.1. The van der Waals surface area contributed by atoms with Crippen LogP contribution in [0.25, 0.3) is 0 Å². The van der Waals surface area contributed by atoms with Crippen LogP contribution in [0.1, 0.15) is 30.2 Å². The molecule has 5 nitrogen and oxygen atoms in total. The highest BCUT2D eigenvalue weighted by molar-refractivity contribution is 7.09. The molecule has 0 fully saturated rings. The number of methoxy groups -OCH3 is 1. The average Bonchev–Trinajstić information content (AvgIpc) is 3.13. The fourth-order valence-electron chi connectivity index (χ4n) is 3.25. The van der Waals surface area contributed by atoms with Crippen molar-refractivity contribution in [3.05, 3.63) is 46.2 Å². The monoisotopic (exact) mass is 388 g/mol. The molecule has 1 atom stereocenters. The minimum atomic E-state index is 0.114. The molecule has 2 aromatic rings. The third-order valence-electron chi connectivity index (χ3n) is 4.80. The molecular formula is C21H28N2O3S. The van der Waals surface area contributed by atoms with E-state index in [-0.39, 0.29) is 12.0 Å². The maximum Gasteiger partial charge on any atom is 0.220 e. The standard InChI is InChI=1S/C21H28N2O3S/c1-3-17-15-23(14-16-13-18(25-2)6-8-20(16)26-17)11-10-22-21(24)9-7-19-5-4-12-27-19/h4-6,8,12-13,17H,3,7,9-11,14-15H2,1-2H3,(H,22,24)/t17-/m0/s1. The van der Waals surface area contributed by atoms with E-state index in [0.717, 1.165) is 49.5 Å². The van der Waals surface area contributed by atoms with Crippen LogP contribution in [-0.2, 0) is 17.8 Å². The zero-order valence-corrected chi connectivity index (χ0v) is 16.9. The summed E-state index contributed by atoms with van der Waals surface area (Å²) < 4.78 is 11.5. The fourth-order valence-corrected chi connectivity index (χ4v) is 3.96. The van der Waals surface area contributed by atoms with Gasteiger partial charge in [0.25, 0.3) is 0 Å². The van der Waals surface area contributed by atoms with Crippen molar-refractivity contribution < 1.29 is 14.3 Å². The normalized spacial score (nSPS) is 16.9. The van der Waals surface area contributed by atoms with E-state index in [4.69, 9.17) is 9.47 Å². The van der Waals surface area contributed by atoms with Gasteiger partial charge in [-0.05, 0) is 42.5 Å². The van der Waals surface area contributed by atoms with Crippen LogP contribution in [0.3, 0.4) is 0 Å². The smallest absolute Gasteiger partial charge is 0.220 e. The van der Waals surface area contributed by atoms with E-state index < -0.39 is 0 Å². The van der Waals surface area contributed by atoms with Crippen molar-refractivity contribution in [3.8, 4) is 11.5 Å². The molecule has 0 bridgehead atoms. The van der Waals surface area contributed by atoms with Gasteiger partial charge in [-0.1, -0.05) is 13.0 Å². The molecule has 1 N–H and O–H groups in total. The second kappa shape index (κ2) is 9.76. The lowest BCUT2D eigenvalue weighted by molar-refractivity contribution is -0.121. The highest BCUT2D eigenvalue weighted by Crippen LogP contribution is 2.29. The summed E-state index contributed by atoms with van der Waals surface area (Å²) in [5.41, 5.74) is 1.13. The van der Waals surface area contributed by atoms with Crippen LogP contribution in [-0.4, -0.2) is 43.7 Å². The maximum absolute atomic E-state index is 12.1. The Bertz CT molecular complexity index is 733.